The molecule has 1 unspecified atom stereocenters. The maximum absolute atomic E-state index is 12.9. The van der Waals surface area contributed by atoms with Crippen molar-refractivity contribution in [2.45, 2.75) is 26.3 Å². The molecule has 9 heteroatoms. The van der Waals surface area contributed by atoms with Crippen LogP contribution in [0.1, 0.15) is 24.1 Å². The van der Waals surface area contributed by atoms with Crippen molar-refractivity contribution in [2.24, 2.45) is 5.92 Å². The fourth-order valence-electron chi connectivity index (χ4n) is 4.30. The van der Waals surface area contributed by atoms with E-state index in [1.807, 2.05) is 60.1 Å². The lowest BCUT2D eigenvalue weighted by atomic mass is 9.97. The summed E-state index contributed by atoms with van der Waals surface area (Å²) < 4.78 is 8.20. The molecule has 1 N–H and O–H groups in total. The highest BCUT2D eigenvalue weighted by molar-refractivity contribution is 7.22. The van der Waals surface area contributed by atoms with Crippen LogP contribution in [0.25, 0.3) is 16.0 Å². The summed E-state index contributed by atoms with van der Waals surface area (Å²) in [6.45, 7) is 4.04. The van der Waals surface area contributed by atoms with E-state index in [0.717, 1.165) is 57.6 Å². The third kappa shape index (κ3) is 4.60. The minimum absolute atomic E-state index is 0.0692. The number of aromatic nitrogens is 3. The second kappa shape index (κ2) is 9.64. The van der Waals surface area contributed by atoms with Crippen LogP contribution in [0, 0.1) is 12.8 Å². The Bertz CT molecular complexity index is 1320. The Balaban J connectivity index is 1.30. The van der Waals surface area contributed by atoms with Gasteiger partial charge in [-0.3, -0.25) is 4.79 Å². The standard InChI is InChI=1S/C25H26ClN5O2S/c1-16-22-23(31(29-16)20-10-8-19(26)9-11-20)28-25(34-22)30-12-4-6-18(15-30)24(32)27-14-17-5-3-7-21(13-17)33-2/h3,5,7-11,13,18H,4,6,12,14-15H2,1-2H3,(H,27,32). The molecule has 3 heterocycles. The first-order chi connectivity index (χ1) is 16.5. The fraction of sp³-hybridized carbons (Fsp3) is 0.320. The monoisotopic (exact) mass is 495 g/mol. The molecule has 1 aliphatic rings. The largest absolute Gasteiger partial charge is 0.497 e. The normalized spacial score (nSPS) is 16.1. The van der Waals surface area contributed by atoms with Crippen molar-refractivity contribution < 1.29 is 9.53 Å². The van der Waals surface area contributed by atoms with Crippen LogP contribution >= 0.6 is 22.9 Å². The number of methoxy groups -OCH3 is 1. The molecule has 0 radical (unpaired) electrons. The number of carbonyl (C=O) groups excluding carboxylic acids is 1. The van der Waals surface area contributed by atoms with Crippen molar-refractivity contribution in [3.8, 4) is 11.4 Å². The Hall–Kier alpha value is -3.10. The first kappa shape index (κ1) is 22.7. The molecule has 0 saturated carbocycles. The zero-order valence-electron chi connectivity index (χ0n) is 19.1. The Morgan fingerprint density at radius 1 is 1.26 bits per heavy atom. The van der Waals surface area contributed by atoms with E-state index < -0.39 is 0 Å². The lowest BCUT2D eigenvalue weighted by Crippen LogP contribution is -2.43. The average Bonchev–Trinajstić information content (AvgIpc) is 3.44. The predicted molar refractivity (Wildman–Crippen MR) is 136 cm³/mol. The highest BCUT2D eigenvalue weighted by atomic mass is 35.5. The van der Waals surface area contributed by atoms with Gasteiger partial charge in [0.2, 0.25) is 5.91 Å². The maximum atomic E-state index is 12.9. The first-order valence-electron chi connectivity index (χ1n) is 11.3. The number of piperidine rings is 1. The highest BCUT2D eigenvalue weighted by Gasteiger charge is 2.28. The summed E-state index contributed by atoms with van der Waals surface area (Å²) >= 11 is 7.69. The lowest BCUT2D eigenvalue weighted by molar-refractivity contribution is -0.125. The summed E-state index contributed by atoms with van der Waals surface area (Å²) in [5.41, 5.74) is 3.73. The topological polar surface area (TPSA) is 72.3 Å². The van der Waals surface area contributed by atoms with Crippen LogP contribution in [0.4, 0.5) is 5.13 Å². The summed E-state index contributed by atoms with van der Waals surface area (Å²) in [6, 6.07) is 15.4. The number of aryl methyl sites for hydroxylation is 1. The van der Waals surface area contributed by atoms with E-state index in [4.69, 9.17) is 21.3 Å². The predicted octanol–water partition coefficient (Wildman–Crippen LogP) is 4.99. The molecule has 1 amide bonds. The van der Waals surface area contributed by atoms with Gasteiger partial charge in [-0.15, -0.1) is 0 Å². The van der Waals surface area contributed by atoms with Crippen molar-refractivity contribution in [3.05, 3.63) is 64.8 Å². The van der Waals surface area contributed by atoms with E-state index in [1.54, 1.807) is 18.4 Å². The molecule has 5 rings (SSSR count). The number of hydrogen-bond acceptors (Lipinski definition) is 6. The van der Waals surface area contributed by atoms with E-state index >= 15 is 0 Å². The zero-order chi connectivity index (χ0) is 23.7. The van der Waals surface area contributed by atoms with E-state index in [0.29, 0.717) is 18.1 Å². The number of fused-ring (bicyclic) bond motifs is 1. The minimum atomic E-state index is -0.0692. The quantitative estimate of drug-likeness (QED) is 0.408. The Kier molecular flexibility index (Phi) is 6.43. The van der Waals surface area contributed by atoms with Crippen molar-refractivity contribution in [3.63, 3.8) is 0 Å². The molecule has 176 valence electrons. The Morgan fingerprint density at radius 3 is 2.88 bits per heavy atom. The van der Waals surface area contributed by atoms with Crippen LogP contribution < -0.4 is 15.0 Å². The van der Waals surface area contributed by atoms with Gasteiger partial charge in [0.05, 0.1) is 29.1 Å². The summed E-state index contributed by atoms with van der Waals surface area (Å²) in [6.07, 6.45) is 1.83. The third-order valence-electron chi connectivity index (χ3n) is 6.11. The van der Waals surface area contributed by atoms with Gasteiger partial charge in [-0.2, -0.15) is 10.1 Å². The van der Waals surface area contributed by atoms with Crippen molar-refractivity contribution in [1.82, 2.24) is 20.1 Å². The van der Waals surface area contributed by atoms with Crippen LogP contribution in [0.2, 0.25) is 5.02 Å². The van der Waals surface area contributed by atoms with E-state index in [1.165, 1.54) is 0 Å². The molecule has 1 fully saturated rings. The molecule has 1 aliphatic heterocycles. The number of nitrogens with one attached hydrogen (secondary N) is 1. The summed E-state index contributed by atoms with van der Waals surface area (Å²) in [4.78, 5) is 20.1. The van der Waals surface area contributed by atoms with Crippen LogP contribution in [0.15, 0.2) is 48.5 Å². The molecular weight excluding hydrogens is 470 g/mol. The Morgan fingerprint density at radius 2 is 2.09 bits per heavy atom. The summed E-state index contributed by atoms with van der Waals surface area (Å²) in [5.74, 6) is 0.802. The van der Waals surface area contributed by atoms with Gasteiger partial charge in [0.1, 0.15) is 5.75 Å². The lowest BCUT2D eigenvalue weighted by Gasteiger charge is -2.31. The molecule has 0 spiro atoms. The molecule has 2 aromatic heterocycles. The first-order valence-corrected chi connectivity index (χ1v) is 12.5. The van der Waals surface area contributed by atoms with Gasteiger partial charge in [-0.05, 0) is 61.7 Å². The molecule has 34 heavy (non-hydrogen) atoms. The van der Waals surface area contributed by atoms with Gasteiger partial charge in [0, 0.05) is 24.7 Å². The van der Waals surface area contributed by atoms with Gasteiger partial charge in [-0.25, -0.2) is 4.68 Å². The number of ether oxygens (including phenoxy) is 1. The van der Waals surface area contributed by atoms with Gasteiger partial charge < -0.3 is 15.0 Å². The van der Waals surface area contributed by atoms with Crippen molar-refractivity contribution in [1.29, 1.82) is 0 Å². The summed E-state index contributed by atoms with van der Waals surface area (Å²) in [7, 11) is 1.64. The number of anilines is 1. The third-order valence-corrected chi connectivity index (χ3v) is 7.58. The molecule has 0 aliphatic carbocycles. The SMILES string of the molecule is COc1cccc(CNC(=O)C2CCCN(c3nc4c(s3)c(C)nn4-c3ccc(Cl)cc3)C2)c1. The number of amides is 1. The van der Waals surface area contributed by atoms with E-state index in [9.17, 15) is 4.79 Å². The second-order valence-corrected chi connectivity index (χ2v) is 9.89. The number of rotatable bonds is 6. The molecule has 4 aromatic rings. The number of carbonyl (C=O) groups is 1. The van der Waals surface area contributed by atoms with Crippen molar-refractivity contribution in [2.75, 3.05) is 25.1 Å². The number of nitrogens with zero attached hydrogens (tertiary/aromatic N) is 4. The maximum Gasteiger partial charge on any atom is 0.225 e. The molecule has 1 atom stereocenters. The number of hydrogen-bond donors (Lipinski definition) is 1. The smallest absolute Gasteiger partial charge is 0.225 e. The van der Waals surface area contributed by atoms with E-state index in [2.05, 4.69) is 15.3 Å². The molecule has 2 aromatic carbocycles. The number of benzene rings is 2. The highest BCUT2D eigenvalue weighted by Crippen LogP contribution is 2.34. The van der Waals surface area contributed by atoms with Crippen LogP contribution in [0.3, 0.4) is 0 Å². The van der Waals surface area contributed by atoms with Gasteiger partial charge in [-0.1, -0.05) is 35.1 Å². The van der Waals surface area contributed by atoms with Crippen LogP contribution in [-0.4, -0.2) is 40.9 Å². The van der Waals surface area contributed by atoms with Crippen molar-refractivity contribution >= 4 is 44.3 Å². The van der Waals surface area contributed by atoms with Gasteiger partial charge in [0.15, 0.2) is 10.8 Å². The van der Waals surface area contributed by atoms with Crippen LogP contribution in [-0.2, 0) is 11.3 Å². The number of halogens is 1. The number of thiazole rings is 1. The molecule has 7 nitrogen and oxygen atoms in total. The minimum Gasteiger partial charge on any atom is -0.497 e. The van der Waals surface area contributed by atoms with Crippen LogP contribution in [0.5, 0.6) is 5.75 Å². The molecule has 1 saturated heterocycles. The molecule has 0 bridgehead atoms. The van der Waals surface area contributed by atoms with E-state index in [-0.39, 0.29) is 11.8 Å². The average molecular weight is 496 g/mol. The summed E-state index contributed by atoms with van der Waals surface area (Å²) in [5, 5.41) is 9.39. The van der Waals surface area contributed by atoms with Gasteiger partial charge >= 0.3 is 0 Å². The van der Waals surface area contributed by atoms with Gasteiger partial charge in [0.25, 0.3) is 0 Å². The molecular formula is C25H26ClN5O2S. The zero-order valence-corrected chi connectivity index (χ0v) is 20.7. The second-order valence-electron chi connectivity index (χ2n) is 8.48. The fourth-order valence-corrected chi connectivity index (χ4v) is 5.45. The Labute approximate surface area is 207 Å².